The van der Waals surface area contributed by atoms with Crippen molar-refractivity contribution in [1.82, 2.24) is 4.90 Å². The molecule has 0 saturated heterocycles. The minimum absolute atomic E-state index is 0.0668. The molecule has 0 aliphatic rings. The zero-order valence-electron chi connectivity index (χ0n) is 17.7. The van der Waals surface area contributed by atoms with E-state index in [1.54, 1.807) is 31.6 Å². The van der Waals surface area contributed by atoms with Gasteiger partial charge in [0.1, 0.15) is 30.5 Å². The second-order valence-corrected chi connectivity index (χ2v) is 7.05. The monoisotopic (exact) mass is 425 g/mol. The highest BCUT2D eigenvalue weighted by Crippen LogP contribution is 2.28. The number of aliphatic hydroxyl groups is 1. The standard InChI is InChI=1S/C24H27NO6/c1-28-22-8-4-3-6-19(22)13-25(15-21-7-5-11-30-21)14-20(27)17-31-23-10-9-18(16-26)12-24(23)29-2/h3-12,16,20,27H,13-15,17H2,1-2H3. The number of methoxy groups -OCH3 is 2. The summed E-state index contributed by atoms with van der Waals surface area (Å²) in [4.78, 5) is 13.0. The summed E-state index contributed by atoms with van der Waals surface area (Å²) in [6.07, 6.45) is 1.61. The largest absolute Gasteiger partial charge is 0.496 e. The lowest BCUT2D eigenvalue weighted by Crippen LogP contribution is -2.35. The molecule has 0 aliphatic carbocycles. The highest BCUT2D eigenvalue weighted by atomic mass is 16.5. The normalized spacial score (nSPS) is 11.9. The highest BCUT2D eigenvalue weighted by Gasteiger charge is 2.17. The van der Waals surface area contributed by atoms with Crippen molar-refractivity contribution in [3.63, 3.8) is 0 Å². The molecule has 7 heteroatoms. The third-order valence-corrected chi connectivity index (χ3v) is 4.77. The van der Waals surface area contributed by atoms with E-state index in [0.29, 0.717) is 36.7 Å². The summed E-state index contributed by atoms with van der Waals surface area (Å²) >= 11 is 0. The van der Waals surface area contributed by atoms with Crippen LogP contribution in [0.5, 0.6) is 17.2 Å². The number of para-hydroxylation sites is 1. The molecule has 7 nitrogen and oxygen atoms in total. The maximum Gasteiger partial charge on any atom is 0.161 e. The van der Waals surface area contributed by atoms with Crippen LogP contribution in [0, 0.1) is 0 Å². The SMILES string of the molecule is COc1ccccc1CN(Cc1ccco1)CC(O)COc1ccc(C=O)cc1OC. The van der Waals surface area contributed by atoms with Gasteiger partial charge in [-0.1, -0.05) is 18.2 Å². The number of aldehydes is 1. The number of aliphatic hydroxyl groups excluding tert-OH is 1. The van der Waals surface area contributed by atoms with E-state index in [2.05, 4.69) is 4.90 Å². The number of carbonyl (C=O) groups is 1. The summed E-state index contributed by atoms with van der Waals surface area (Å²) in [5.41, 5.74) is 1.50. The Labute approximate surface area is 181 Å². The van der Waals surface area contributed by atoms with Gasteiger partial charge in [0.2, 0.25) is 0 Å². The Morgan fingerprint density at radius 2 is 1.81 bits per heavy atom. The summed E-state index contributed by atoms with van der Waals surface area (Å²) < 4.78 is 22.0. The molecule has 0 aliphatic heterocycles. The Hall–Kier alpha value is -3.29. The van der Waals surface area contributed by atoms with Gasteiger partial charge in [0.25, 0.3) is 0 Å². The van der Waals surface area contributed by atoms with Crippen LogP contribution in [0.3, 0.4) is 0 Å². The first-order chi connectivity index (χ1) is 15.1. The first-order valence-electron chi connectivity index (χ1n) is 9.93. The van der Waals surface area contributed by atoms with Gasteiger partial charge in [-0.05, 0) is 36.4 Å². The molecule has 1 heterocycles. The molecule has 0 radical (unpaired) electrons. The fraction of sp³-hybridized carbons (Fsp3) is 0.292. The second-order valence-electron chi connectivity index (χ2n) is 7.05. The van der Waals surface area contributed by atoms with E-state index in [1.807, 2.05) is 36.4 Å². The van der Waals surface area contributed by atoms with Gasteiger partial charge in [0.05, 0.1) is 27.0 Å². The molecular weight excluding hydrogens is 398 g/mol. The molecule has 0 spiro atoms. The number of nitrogens with zero attached hydrogens (tertiary/aromatic N) is 1. The van der Waals surface area contributed by atoms with Gasteiger partial charge in [0.15, 0.2) is 11.5 Å². The van der Waals surface area contributed by atoms with E-state index in [4.69, 9.17) is 18.6 Å². The number of hydrogen-bond acceptors (Lipinski definition) is 7. The molecular formula is C24H27NO6. The van der Waals surface area contributed by atoms with Crippen molar-refractivity contribution in [3.05, 3.63) is 77.7 Å². The van der Waals surface area contributed by atoms with Gasteiger partial charge in [-0.25, -0.2) is 0 Å². The minimum Gasteiger partial charge on any atom is -0.496 e. The van der Waals surface area contributed by atoms with Crippen LogP contribution in [0.4, 0.5) is 0 Å². The lowest BCUT2D eigenvalue weighted by atomic mass is 10.1. The zero-order valence-corrected chi connectivity index (χ0v) is 17.7. The predicted octanol–water partition coefficient (Wildman–Crippen LogP) is 3.55. The van der Waals surface area contributed by atoms with Gasteiger partial charge in [0, 0.05) is 24.2 Å². The Balaban J connectivity index is 1.66. The van der Waals surface area contributed by atoms with Crippen molar-refractivity contribution in [1.29, 1.82) is 0 Å². The Morgan fingerprint density at radius 1 is 1.00 bits per heavy atom. The first-order valence-corrected chi connectivity index (χ1v) is 9.93. The summed E-state index contributed by atoms with van der Waals surface area (Å²) in [6.45, 7) is 1.52. The van der Waals surface area contributed by atoms with Crippen LogP contribution >= 0.6 is 0 Å². The van der Waals surface area contributed by atoms with Crippen LogP contribution in [0.1, 0.15) is 21.7 Å². The maximum absolute atomic E-state index is 10.9. The van der Waals surface area contributed by atoms with Crippen molar-refractivity contribution in [2.45, 2.75) is 19.2 Å². The predicted molar refractivity (Wildman–Crippen MR) is 116 cm³/mol. The van der Waals surface area contributed by atoms with Crippen molar-refractivity contribution in [2.75, 3.05) is 27.4 Å². The number of ether oxygens (including phenoxy) is 3. The highest BCUT2D eigenvalue weighted by molar-refractivity contribution is 5.76. The van der Waals surface area contributed by atoms with Gasteiger partial charge < -0.3 is 23.7 Å². The molecule has 0 bridgehead atoms. The quantitative estimate of drug-likeness (QED) is 0.445. The van der Waals surface area contributed by atoms with Gasteiger partial charge in [-0.2, -0.15) is 0 Å². The van der Waals surface area contributed by atoms with E-state index in [9.17, 15) is 9.90 Å². The molecule has 1 unspecified atom stereocenters. The third kappa shape index (κ3) is 6.34. The topological polar surface area (TPSA) is 81.4 Å². The molecule has 31 heavy (non-hydrogen) atoms. The molecule has 2 aromatic carbocycles. The van der Waals surface area contributed by atoms with Crippen LogP contribution in [-0.2, 0) is 13.1 Å². The molecule has 3 rings (SSSR count). The summed E-state index contributed by atoms with van der Waals surface area (Å²) in [5.74, 6) is 2.50. The molecule has 1 aromatic heterocycles. The number of furan rings is 1. The summed E-state index contributed by atoms with van der Waals surface area (Å²) in [6, 6.07) is 16.4. The molecule has 3 aromatic rings. The van der Waals surface area contributed by atoms with Gasteiger partial charge >= 0.3 is 0 Å². The Bertz CT molecular complexity index is 956. The van der Waals surface area contributed by atoms with Gasteiger partial charge in [-0.15, -0.1) is 0 Å². The number of carbonyl (C=O) groups excluding carboxylic acids is 1. The molecule has 1 N–H and O–H groups in total. The van der Waals surface area contributed by atoms with E-state index in [0.717, 1.165) is 23.4 Å². The summed E-state index contributed by atoms with van der Waals surface area (Å²) in [7, 11) is 3.15. The van der Waals surface area contributed by atoms with Crippen LogP contribution in [-0.4, -0.2) is 49.8 Å². The lowest BCUT2D eigenvalue weighted by Gasteiger charge is -2.25. The van der Waals surface area contributed by atoms with E-state index in [-0.39, 0.29) is 6.61 Å². The maximum atomic E-state index is 10.9. The van der Waals surface area contributed by atoms with Crippen molar-refractivity contribution >= 4 is 6.29 Å². The zero-order chi connectivity index (χ0) is 22.1. The Morgan fingerprint density at radius 3 is 2.52 bits per heavy atom. The first kappa shape index (κ1) is 22.4. The number of rotatable bonds is 12. The van der Waals surface area contributed by atoms with Crippen LogP contribution in [0.15, 0.2) is 65.3 Å². The molecule has 164 valence electrons. The van der Waals surface area contributed by atoms with E-state index < -0.39 is 6.10 Å². The molecule has 0 amide bonds. The molecule has 0 fully saturated rings. The van der Waals surface area contributed by atoms with Gasteiger partial charge in [-0.3, -0.25) is 9.69 Å². The molecule has 1 atom stereocenters. The Kier molecular flexibility index (Phi) is 8.09. The van der Waals surface area contributed by atoms with Crippen LogP contribution in [0.25, 0.3) is 0 Å². The minimum atomic E-state index is -0.764. The fourth-order valence-corrected chi connectivity index (χ4v) is 3.30. The number of benzene rings is 2. The van der Waals surface area contributed by atoms with Crippen LogP contribution in [0.2, 0.25) is 0 Å². The number of hydrogen-bond donors (Lipinski definition) is 1. The van der Waals surface area contributed by atoms with Crippen LogP contribution < -0.4 is 14.2 Å². The third-order valence-electron chi connectivity index (χ3n) is 4.77. The smallest absolute Gasteiger partial charge is 0.161 e. The van der Waals surface area contributed by atoms with Crippen molar-refractivity contribution in [3.8, 4) is 17.2 Å². The molecule has 0 saturated carbocycles. The lowest BCUT2D eigenvalue weighted by molar-refractivity contribution is 0.0593. The average Bonchev–Trinajstić information content (AvgIpc) is 3.30. The van der Waals surface area contributed by atoms with E-state index >= 15 is 0 Å². The van der Waals surface area contributed by atoms with E-state index in [1.165, 1.54) is 7.11 Å². The van der Waals surface area contributed by atoms with Crippen molar-refractivity contribution in [2.24, 2.45) is 0 Å². The fourth-order valence-electron chi connectivity index (χ4n) is 3.30. The summed E-state index contributed by atoms with van der Waals surface area (Å²) in [5, 5.41) is 10.7. The average molecular weight is 425 g/mol. The van der Waals surface area contributed by atoms with Crippen molar-refractivity contribution < 1.29 is 28.5 Å². The second kappa shape index (κ2) is 11.2.